The lowest BCUT2D eigenvalue weighted by Gasteiger charge is -2.14. The van der Waals surface area contributed by atoms with Crippen LogP contribution in [0.3, 0.4) is 0 Å². The molecule has 0 heterocycles. The molecular formula is C21H36O4. The molecule has 0 saturated heterocycles. The number of allylic oxidation sites excluding steroid dienone is 4. The van der Waals surface area contributed by atoms with Gasteiger partial charge in [-0.1, -0.05) is 56.2 Å². The van der Waals surface area contributed by atoms with E-state index < -0.39 is 12.2 Å². The average Bonchev–Trinajstić information content (AvgIpc) is 2.62. The molecule has 0 bridgehead atoms. The molecule has 144 valence electrons. The lowest BCUT2D eigenvalue weighted by atomic mass is 10.1. The molecular weight excluding hydrogens is 316 g/mol. The number of carbonyl (C=O) groups is 1. The molecule has 2 atom stereocenters. The van der Waals surface area contributed by atoms with E-state index in [1.165, 1.54) is 26.4 Å². The Bertz CT molecular complexity index is 399. The van der Waals surface area contributed by atoms with Crippen molar-refractivity contribution in [2.75, 3.05) is 7.11 Å². The first-order chi connectivity index (χ1) is 12.1. The second kappa shape index (κ2) is 17.4. The molecule has 4 nitrogen and oxygen atoms in total. The summed E-state index contributed by atoms with van der Waals surface area (Å²) in [4.78, 5) is 10.9. The fourth-order valence-corrected chi connectivity index (χ4v) is 2.27. The minimum atomic E-state index is -0.722. The molecule has 0 aliphatic carbocycles. The minimum Gasteiger partial charge on any atom is -0.469 e. The molecule has 4 heteroatoms. The smallest absolute Gasteiger partial charge is 0.305 e. The third kappa shape index (κ3) is 15.9. The van der Waals surface area contributed by atoms with Crippen LogP contribution in [0.2, 0.25) is 0 Å². The van der Waals surface area contributed by atoms with Crippen LogP contribution in [0.15, 0.2) is 36.5 Å². The van der Waals surface area contributed by atoms with Gasteiger partial charge in [-0.25, -0.2) is 0 Å². The van der Waals surface area contributed by atoms with Gasteiger partial charge in [0, 0.05) is 6.42 Å². The van der Waals surface area contributed by atoms with Gasteiger partial charge in [0.15, 0.2) is 0 Å². The summed E-state index contributed by atoms with van der Waals surface area (Å²) in [5.74, 6) is -0.170. The number of hydrogen-bond donors (Lipinski definition) is 2. The summed E-state index contributed by atoms with van der Waals surface area (Å²) in [5, 5.41) is 19.8. The molecule has 0 aliphatic heterocycles. The van der Waals surface area contributed by atoms with Gasteiger partial charge in [-0.3, -0.25) is 4.79 Å². The van der Waals surface area contributed by atoms with Crippen molar-refractivity contribution in [1.29, 1.82) is 0 Å². The highest BCUT2D eigenvalue weighted by atomic mass is 16.5. The first-order valence-corrected chi connectivity index (χ1v) is 9.49. The van der Waals surface area contributed by atoms with Crippen molar-refractivity contribution in [1.82, 2.24) is 0 Å². The van der Waals surface area contributed by atoms with Crippen LogP contribution in [0, 0.1) is 0 Å². The second-order valence-corrected chi connectivity index (χ2v) is 6.22. The second-order valence-electron chi connectivity index (χ2n) is 6.22. The minimum absolute atomic E-state index is 0.170. The summed E-state index contributed by atoms with van der Waals surface area (Å²) in [7, 11) is 1.40. The van der Waals surface area contributed by atoms with E-state index in [1.54, 1.807) is 0 Å². The van der Waals surface area contributed by atoms with E-state index in [0.29, 0.717) is 19.3 Å². The van der Waals surface area contributed by atoms with E-state index in [4.69, 9.17) is 0 Å². The van der Waals surface area contributed by atoms with Crippen molar-refractivity contribution in [2.24, 2.45) is 0 Å². The van der Waals surface area contributed by atoms with E-state index in [2.05, 4.69) is 17.7 Å². The number of unbranched alkanes of at least 4 members (excludes halogenated alkanes) is 4. The molecule has 0 rings (SSSR count). The van der Waals surface area contributed by atoms with E-state index in [9.17, 15) is 15.0 Å². The molecule has 0 amide bonds. The highest BCUT2D eigenvalue weighted by molar-refractivity contribution is 5.69. The van der Waals surface area contributed by atoms with Crippen LogP contribution in [0.25, 0.3) is 0 Å². The zero-order chi connectivity index (χ0) is 18.8. The van der Waals surface area contributed by atoms with Crippen molar-refractivity contribution in [3.8, 4) is 0 Å². The van der Waals surface area contributed by atoms with Gasteiger partial charge in [-0.2, -0.15) is 0 Å². The number of hydrogen-bond acceptors (Lipinski definition) is 4. The maximum Gasteiger partial charge on any atom is 0.305 e. The predicted octanol–water partition coefficient (Wildman–Crippen LogP) is 4.47. The number of methoxy groups -OCH3 is 1. The fraction of sp³-hybridized carbons (Fsp3) is 0.667. The standard InChI is InChI=1S/C21H36O4/c1-3-4-5-6-10-13-16-19(22)20(23)17-14-11-8-7-9-12-15-18-21(24)25-2/h7,9-11,13-14,19-20,22-23H,3-6,8,12,15-18H2,1-2H3/b9-7-,13-10-,14-11-/t19-,20+/m1/s1. The summed E-state index contributed by atoms with van der Waals surface area (Å²) in [6, 6.07) is 0. The van der Waals surface area contributed by atoms with E-state index in [0.717, 1.165) is 25.7 Å². The summed E-state index contributed by atoms with van der Waals surface area (Å²) in [6.07, 6.45) is 19.1. The monoisotopic (exact) mass is 352 g/mol. The Morgan fingerprint density at radius 3 is 2.08 bits per heavy atom. The SMILES string of the molecule is CCCCC/C=C\C[C@@H](O)[C@@H](O)C/C=C\C/C=C\CCCC(=O)OC. The third-order valence-electron chi connectivity index (χ3n) is 3.93. The van der Waals surface area contributed by atoms with Crippen LogP contribution in [0.5, 0.6) is 0 Å². The first kappa shape index (κ1) is 23.6. The topological polar surface area (TPSA) is 66.8 Å². The molecule has 0 aromatic heterocycles. The molecule has 25 heavy (non-hydrogen) atoms. The van der Waals surface area contributed by atoms with Gasteiger partial charge in [-0.15, -0.1) is 0 Å². The Labute approximate surface area is 153 Å². The van der Waals surface area contributed by atoms with Gasteiger partial charge in [0.25, 0.3) is 0 Å². The zero-order valence-corrected chi connectivity index (χ0v) is 15.9. The van der Waals surface area contributed by atoms with E-state index >= 15 is 0 Å². The van der Waals surface area contributed by atoms with Crippen LogP contribution < -0.4 is 0 Å². The molecule has 0 aliphatic rings. The Morgan fingerprint density at radius 1 is 0.880 bits per heavy atom. The number of rotatable bonds is 15. The maximum atomic E-state index is 10.9. The Hall–Kier alpha value is -1.39. The quantitative estimate of drug-likeness (QED) is 0.259. The van der Waals surface area contributed by atoms with Crippen LogP contribution in [0.4, 0.5) is 0 Å². The molecule has 0 radical (unpaired) electrons. The average molecular weight is 353 g/mol. The molecule has 0 spiro atoms. The molecule has 0 aromatic rings. The number of ether oxygens (including phenoxy) is 1. The van der Waals surface area contributed by atoms with Crippen molar-refractivity contribution in [3.05, 3.63) is 36.5 Å². The summed E-state index contributed by atoms with van der Waals surface area (Å²) in [5.41, 5.74) is 0. The normalized spacial score (nSPS) is 14.6. The predicted molar refractivity (Wildman–Crippen MR) is 103 cm³/mol. The van der Waals surface area contributed by atoms with Crippen molar-refractivity contribution in [2.45, 2.75) is 83.3 Å². The molecule has 0 aromatic carbocycles. The van der Waals surface area contributed by atoms with Gasteiger partial charge in [0.1, 0.15) is 0 Å². The van der Waals surface area contributed by atoms with Gasteiger partial charge in [-0.05, 0) is 44.9 Å². The Morgan fingerprint density at radius 2 is 1.44 bits per heavy atom. The summed E-state index contributed by atoms with van der Waals surface area (Å²) >= 11 is 0. The maximum absolute atomic E-state index is 10.9. The first-order valence-electron chi connectivity index (χ1n) is 9.49. The van der Waals surface area contributed by atoms with Gasteiger partial charge < -0.3 is 14.9 Å². The largest absolute Gasteiger partial charge is 0.469 e. The van der Waals surface area contributed by atoms with Crippen LogP contribution >= 0.6 is 0 Å². The van der Waals surface area contributed by atoms with E-state index in [-0.39, 0.29) is 5.97 Å². The number of aliphatic hydroxyl groups excluding tert-OH is 2. The molecule has 0 saturated carbocycles. The van der Waals surface area contributed by atoms with Crippen molar-refractivity contribution >= 4 is 5.97 Å². The summed E-state index contributed by atoms with van der Waals surface area (Å²) in [6.45, 7) is 2.18. The van der Waals surface area contributed by atoms with Crippen molar-refractivity contribution < 1.29 is 19.7 Å². The van der Waals surface area contributed by atoms with Gasteiger partial charge in [0.05, 0.1) is 19.3 Å². The van der Waals surface area contributed by atoms with Crippen molar-refractivity contribution in [3.63, 3.8) is 0 Å². The summed E-state index contributed by atoms with van der Waals surface area (Å²) < 4.78 is 4.58. The fourth-order valence-electron chi connectivity index (χ4n) is 2.27. The lowest BCUT2D eigenvalue weighted by molar-refractivity contribution is -0.140. The van der Waals surface area contributed by atoms with Crippen LogP contribution in [-0.4, -0.2) is 35.5 Å². The van der Waals surface area contributed by atoms with Gasteiger partial charge in [0.2, 0.25) is 0 Å². The third-order valence-corrected chi connectivity index (χ3v) is 3.93. The highest BCUT2D eigenvalue weighted by Gasteiger charge is 2.12. The lowest BCUT2D eigenvalue weighted by Crippen LogP contribution is -2.24. The number of carbonyl (C=O) groups excluding carboxylic acids is 1. The molecule has 2 N–H and O–H groups in total. The number of esters is 1. The Kier molecular flexibility index (Phi) is 16.5. The highest BCUT2D eigenvalue weighted by Crippen LogP contribution is 2.07. The number of aliphatic hydroxyl groups is 2. The van der Waals surface area contributed by atoms with Crippen LogP contribution in [-0.2, 0) is 9.53 Å². The Balaban J connectivity index is 3.69. The van der Waals surface area contributed by atoms with E-state index in [1.807, 2.05) is 30.4 Å². The van der Waals surface area contributed by atoms with Crippen LogP contribution in [0.1, 0.15) is 71.1 Å². The zero-order valence-electron chi connectivity index (χ0n) is 15.9. The molecule has 0 fully saturated rings. The molecule has 0 unspecified atom stereocenters. The van der Waals surface area contributed by atoms with Gasteiger partial charge >= 0.3 is 5.97 Å².